The predicted octanol–water partition coefficient (Wildman–Crippen LogP) is 5.23. The number of amides is 1. The second kappa shape index (κ2) is 10.5. The molecule has 10 heteroatoms. The second-order valence-electron chi connectivity index (χ2n) is 8.55. The van der Waals surface area contributed by atoms with Crippen molar-refractivity contribution in [2.75, 3.05) is 13.7 Å². The summed E-state index contributed by atoms with van der Waals surface area (Å²) in [5.74, 6) is -0.820. The maximum Gasteiger partial charge on any atom is 0.416 e. The van der Waals surface area contributed by atoms with Crippen molar-refractivity contribution in [2.24, 2.45) is 4.99 Å². The van der Waals surface area contributed by atoms with Crippen molar-refractivity contribution < 1.29 is 27.4 Å². The number of halogens is 3. The van der Waals surface area contributed by atoms with Crippen molar-refractivity contribution in [3.05, 3.63) is 75.3 Å². The van der Waals surface area contributed by atoms with E-state index >= 15 is 0 Å². The zero-order valence-corrected chi connectivity index (χ0v) is 20.2. The molecule has 0 N–H and O–H groups in total. The Balaban J connectivity index is 2.03. The fraction of sp³-hybridized carbons (Fsp3) is 0.375. The summed E-state index contributed by atoms with van der Waals surface area (Å²) in [7, 11) is 1.56. The largest absolute Gasteiger partial charge is 0.486 e. The van der Waals surface area contributed by atoms with E-state index in [4.69, 9.17) is 9.47 Å². The molecule has 0 aliphatic carbocycles. The van der Waals surface area contributed by atoms with Crippen molar-refractivity contribution in [2.45, 2.75) is 45.5 Å². The number of pyridine rings is 1. The third kappa shape index (κ3) is 6.54. The smallest absolute Gasteiger partial charge is 0.416 e. The number of hydrogen-bond donors (Lipinski definition) is 0. The average molecular weight is 494 g/mol. The van der Waals surface area contributed by atoms with Crippen LogP contribution in [0.5, 0.6) is 5.75 Å². The number of thiazole rings is 1. The molecule has 0 atom stereocenters. The number of alkyl halides is 3. The lowest BCUT2D eigenvalue weighted by Crippen LogP contribution is -2.19. The number of methoxy groups -OCH3 is 1. The molecule has 2 aromatic heterocycles. The van der Waals surface area contributed by atoms with Gasteiger partial charge in [0, 0.05) is 30.9 Å². The fourth-order valence-corrected chi connectivity index (χ4v) is 4.02. The molecule has 0 bridgehead atoms. The number of carbonyl (C=O) groups is 1. The van der Waals surface area contributed by atoms with Gasteiger partial charge in [0.05, 0.1) is 23.4 Å². The third-order valence-corrected chi connectivity index (χ3v) is 6.28. The molecule has 0 unspecified atom stereocenters. The van der Waals surface area contributed by atoms with Crippen LogP contribution >= 0.6 is 11.3 Å². The van der Waals surface area contributed by atoms with E-state index < -0.39 is 17.6 Å². The second-order valence-corrected chi connectivity index (χ2v) is 9.56. The minimum atomic E-state index is -4.62. The molecule has 2 heterocycles. The zero-order chi connectivity index (χ0) is 24.9. The molecule has 0 fully saturated rings. The average Bonchev–Trinajstić information content (AvgIpc) is 3.19. The molecule has 1 amide bonds. The summed E-state index contributed by atoms with van der Waals surface area (Å²) in [6.45, 7) is 6.92. The molecule has 6 nitrogen and oxygen atoms in total. The normalized spacial score (nSPS) is 12.7. The van der Waals surface area contributed by atoms with E-state index in [2.05, 4.69) is 9.98 Å². The van der Waals surface area contributed by atoms with Crippen LogP contribution in [-0.4, -0.2) is 29.2 Å². The SMILES string of the molecule is COCCn1cc(C(C)(C)C)s/c1=N\C(=O)c1cc(C(F)(F)F)ccc1OCc1ccccn1. The van der Waals surface area contributed by atoms with Crippen LogP contribution in [0, 0.1) is 0 Å². The van der Waals surface area contributed by atoms with Gasteiger partial charge in [-0.15, -0.1) is 11.3 Å². The van der Waals surface area contributed by atoms with Gasteiger partial charge in [0.25, 0.3) is 5.91 Å². The summed E-state index contributed by atoms with van der Waals surface area (Å²) in [6.07, 6.45) is -1.15. The first-order valence-electron chi connectivity index (χ1n) is 10.5. The Bertz CT molecular complexity index is 1200. The number of carbonyl (C=O) groups excluding carboxylic acids is 1. The lowest BCUT2D eigenvalue weighted by Gasteiger charge is -2.14. The van der Waals surface area contributed by atoms with Crippen molar-refractivity contribution in [3.63, 3.8) is 0 Å². The molecular formula is C24H26F3N3O3S. The minimum absolute atomic E-state index is 0.00319. The molecule has 0 spiro atoms. The number of aromatic nitrogens is 2. The highest BCUT2D eigenvalue weighted by Crippen LogP contribution is 2.33. The van der Waals surface area contributed by atoms with Crippen LogP contribution in [0.4, 0.5) is 13.2 Å². The highest BCUT2D eigenvalue weighted by molar-refractivity contribution is 7.09. The predicted molar refractivity (Wildman–Crippen MR) is 123 cm³/mol. The van der Waals surface area contributed by atoms with Crippen molar-refractivity contribution in [1.29, 1.82) is 0 Å². The molecule has 0 saturated carbocycles. The summed E-state index contributed by atoms with van der Waals surface area (Å²) in [6, 6.07) is 8.02. The number of nitrogens with zero attached hydrogens (tertiary/aromatic N) is 3. The summed E-state index contributed by atoms with van der Waals surface area (Å²) in [4.78, 5) is 22.8. The van der Waals surface area contributed by atoms with E-state index in [0.29, 0.717) is 23.6 Å². The van der Waals surface area contributed by atoms with Gasteiger partial charge in [0.1, 0.15) is 12.4 Å². The van der Waals surface area contributed by atoms with Gasteiger partial charge < -0.3 is 14.0 Å². The Morgan fingerprint density at radius 1 is 1.18 bits per heavy atom. The Hall–Kier alpha value is -2.98. The third-order valence-electron chi connectivity index (χ3n) is 4.83. The molecule has 0 aliphatic rings. The van der Waals surface area contributed by atoms with Crippen LogP contribution in [0.1, 0.15) is 47.3 Å². The Morgan fingerprint density at radius 3 is 2.56 bits per heavy atom. The first-order valence-corrected chi connectivity index (χ1v) is 11.3. The van der Waals surface area contributed by atoms with Crippen molar-refractivity contribution in [3.8, 4) is 5.75 Å². The van der Waals surface area contributed by atoms with E-state index in [1.54, 1.807) is 36.1 Å². The summed E-state index contributed by atoms with van der Waals surface area (Å²) < 4.78 is 52.7. The van der Waals surface area contributed by atoms with E-state index in [1.165, 1.54) is 11.3 Å². The van der Waals surface area contributed by atoms with Gasteiger partial charge in [-0.25, -0.2) is 0 Å². The Morgan fingerprint density at radius 2 is 1.94 bits per heavy atom. The Kier molecular flexibility index (Phi) is 7.93. The van der Waals surface area contributed by atoms with Gasteiger partial charge in [-0.2, -0.15) is 18.2 Å². The van der Waals surface area contributed by atoms with Gasteiger partial charge in [-0.1, -0.05) is 26.8 Å². The van der Waals surface area contributed by atoms with Gasteiger partial charge in [-0.3, -0.25) is 9.78 Å². The highest BCUT2D eigenvalue weighted by atomic mass is 32.1. The number of ether oxygens (including phenoxy) is 2. The molecule has 3 aromatic rings. The van der Waals surface area contributed by atoms with Crippen LogP contribution in [0.3, 0.4) is 0 Å². The van der Waals surface area contributed by atoms with Crippen LogP contribution < -0.4 is 9.54 Å². The summed E-state index contributed by atoms with van der Waals surface area (Å²) in [5.41, 5.74) is -0.841. The molecule has 0 saturated heterocycles. The van der Waals surface area contributed by atoms with E-state index in [1.807, 2.05) is 27.0 Å². The molecule has 182 valence electrons. The molecule has 1 aromatic carbocycles. The monoisotopic (exact) mass is 493 g/mol. The first kappa shape index (κ1) is 25.6. The van der Waals surface area contributed by atoms with Crippen LogP contribution in [0.25, 0.3) is 0 Å². The topological polar surface area (TPSA) is 65.7 Å². The lowest BCUT2D eigenvalue weighted by molar-refractivity contribution is -0.137. The maximum absolute atomic E-state index is 13.4. The highest BCUT2D eigenvalue weighted by Gasteiger charge is 2.32. The van der Waals surface area contributed by atoms with Crippen LogP contribution in [-0.2, 0) is 29.5 Å². The molecule has 3 rings (SSSR count). The maximum atomic E-state index is 13.4. The van der Waals surface area contributed by atoms with Crippen LogP contribution in [0.2, 0.25) is 0 Å². The van der Waals surface area contributed by atoms with Gasteiger partial charge in [-0.05, 0) is 35.7 Å². The van der Waals surface area contributed by atoms with Crippen LogP contribution in [0.15, 0.2) is 53.8 Å². The Labute approximate surface area is 199 Å². The molecule has 34 heavy (non-hydrogen) atoms. The lowest BCUT2D eigenvalue weighted by atomic mass is 9.95. The fourth-order valence-electron chi connectivity index (χ4n) is 2.95. The summed E-state index contributed by atoms with van der Waals surface area (Å²) >= 11 is 1.31. The van der Waals surface area contributed by atoms with Crippen molar-refractivity contribution in [1.82, 2.24) is 9.55 Å². The zero-order valence-electron chi connectivity index (χ0n) is 19.3. The van der Waals surface area contributed by atoms with E-state index in [-0.39, 0.29) is 23.3 Å². The van der Waals surface area contributed by atoms with Gasteiger partial charge >= 0.3 is 6.18 Å². The minimum Gasteiger partial charge on any atom is -0.486 e. The van der Waals surface area contributed by atoms with Gasteiger partial charge in [0.15, 0.2) is 4.80 Å². The molecule has 0 radical (unpaired) electrons. The number of rotatable bonds is 7. The van der Waals surface area contributed by atoms with E-state index in [9.17, 15) is 18.0 Å². The van der Waals surface area contributed by atoms with Gasteiger partial charge in [0.2, 0.25) is 0 Å². The number of benzene rings is 1. The first-order chi connectivity index (χ1) is 16.0. The standard InChI is InChI=1S/C24H26F3N3O3S/c1-23(2,3)20-14-30(11-12-32-4)22(34-20)29-21(31)18-13-16(24(25,26)27)8-9-19(18)33-15-17-7-5-6-10-28-17/h5-10,13-14H,11-12,15H2,1-4H3/b29-22-. The number of hydrogen-bond acceptors (Lipinski definition) is 5. The molecule has 0 aliphatic heterocycles. The van der Waals surface area contributed by atoms with E-state index in [0.717, 1.165) is 23.1 Å². The quantitative estimate of drug-likeness (QED) is 0.452. The molecular weight excluding hydrogens is 467 g/mol. The van der Waals surface area contributed by atoms with Crippen molar-refractivity contribution >= 4 is 17.2 Å². The summed E-state index contributed by atoms with van der Waals surface area (Å²) in [5, 5.41) is 0.